The fourth-order valence-corrected chi connectivity index (χ4v) is 2.10. The highest BCUT2D eigenvalue weighted by Crippen LogP contribution is 2.13. The molecule has 0 aliphatic carbocycles. The van der Waals surface area contributed by atoms with Gasteiger partial charge in [-0.15, -0.1) is 0 Å². The van der Waals surface area contributed by atoms with Crippen molar-refractivity contribution in [1.29, 1.82) is 0 Å². The summed E-state index contributed by atoms with van der Waals surface area (Å²) in [6, 6.07) is 5.64. The summed E-state index contributed by atoms with van der Waals surface area (Å²) < 4.78 is 14.2. The standard InChI is InChI=1S/C12H9FN4OS/c1-19-12-14-6-9-10(15-12)16-17(11(9)18)8-4-2-7(13)3-5-8/h2-6H,1H3,(H,14,15,16). The predicted octanol–water partition coefficient (Wildman–Crippen LogP) is 1.97. The van der Waals surface area contributed by atoms with E-state index in [-0.39, 0.29) is 11.4 Å². The van der Waals surface area contributed by atoms with Crippen molar-refractivity contribution >= 4 is 22.8 Å². The first-order chi connectivity index (χ1) is 9.19. The summed E-state index contributed by atoms with van der Waals surface area (Å²) in [7, 11) is 0. The Kier molecular flexibility index (Phi) is 2.83. The number of nitrogens with one attached hydrogen (secondary N) is 1. The summed E-state index contributed by atoms with van der Waals surface area (Å²) in [5.41, 5.74) is 0.762. The second-order valence-electron chi connectivity index (χ2n) is 3.85. The van der Waals surface area contributed by atoms with Crippen LogP contribution in [0.15, 0.2) is 40.4 Å². The lowest BCUT2D eigenvalue weighted by molar-refractivity contribution is 0.627. The Morgan fingerprint density at radius 2 is 2.05 bits per heavy atom. The third-order valence-electron chi connectivity index (χ3n) is 2.69. The normalized spacial score (nSPS) is 11.1. The monoisotopic (exact) mass is 276 g/mol. The van der Waals surface area contributed by atoms with Crippen molar-refractivity contribution in [3.8, 4) is 5.69 Å². The van der Waals surface area contributed by atoms with Gasteiger partial charge >= 0.3 is 0 Å². The first-order valence-electron chi connectivity index (χ1n) is 5.47. The second kappa shape index (κ2) is 4.51. The molecule has 1 aromatic carbocycles. The summed E-state index contributed by atoms with van der Waals surface area (Å²) >= 11 is 1.39. The molecule has 0 aliphatic rings. The number of fused-ring (bicyclic) bond motifs is 1. The van der Waals surface area contributed by atoms with Crippen molar-refractivity contribution in [2.75, 3.05) is 6.26 Å². The molecular weight excluding hydrogens is 267 g/mol. The molecular formula is C12H9FN4OS. The molecule has 96 valence electrons. The number of H-pyrrole nitrogens is 1. The number of halogens is 1. The van der Waals surface area contributed by atoms with Crippen LogP contribution in [-0.4, -0.2) is 26.0 Å². The largest absolute Gasteiger partial charge is 0.282 e. The Bertz CT molecular complexity index is 794. The van der Waals surface area contributed by atoms with Crippen LogP contribution in [0.4, 0.5) is 4.39 Å². The molecule has 2 aromatic heterocycles. The Labute approximate surface area is 111 Å². The number of hydrogen-bond donors (Lipinski definition) is 1. The minimum atomic E-state index is -0.350. The fourth-order valence-electron chi connectivity index (χ4n) is 1.75. The lowest BCUT2D eigenvalue weighted by Gasteiger charge is -1.99. The van der Waals surface area contributed by atoms with Crippen LogP contribution in [0, 0.1) is 5.82 Å². The zero-order valence-corrected chi connectivity index (χ0v) is 10.7. The van der Waals surface area contributed by atoms with Gasteiger partial charge in [0.15, 0.2) is 10.8 Å². The van der Waals surface area contributed by atoms with E-state index in [2.05, 4.69) is 15.1 Å². The zero-order valence-electron chi connectivity index (χ0n) is 9.92. The number of aromatic nitrogens is 4. The molecule has 0 spiro atoms. The lowest BCUT2D eigenvalue weighted by atomic mass is 10.3. The van der Waals surface area contributed by atoms with Crippen molar-refractivity contribution in [1.82, 2.24) is 19.7 Å². The van der Waals surface area contributed by atoms with Crippen LogP contribution >= 0.6 is 11.8 Å². The average Bonchev–Trinajstić information content (AvgIpc) is 2.76. The van der Waals surface area contributed by atoms with E-state index < -0.39 is 0 Å². The molecule has 0 unspecified atom stereocenters. The maximum Gasteiger partial charge on any atom is 0.282 e. The number of thioether (sulfide) groups is 1. The summed E-state index contributed by atoms with van der Waals surface area (Å²) in [6.07, 6.45) is 3.35. The lowest BCUT2D eigenvalue weighted by Crippen LogP contribution is -2.14. The van der Waals surface area contributed by atoms with Gasteiger partial charge in [0.25, 0.3) is 5.56 Å². The zero-order chi connectivity index (χ0) is 13.4. The molecule has 5 nitrogen and oxygen atoms in total. The van der Waals surface area contributed by atoms with E-state index in [1.165, 1.54) is 46.9 Å². The van der Waals surface area contributed by atoms with E-state index in [0.29, 0.717) is 21.9 Å². The van der Waals surface area contributed by atoms with Crippen molar-refractivity contribution in [3.05, 3.63) is 46.6 Å². The number of benzene rings is 1. The van der Waals surface area contributed by atoms with Gasteiger partial charge in [-0.1, -0.05) is 11.8 Å². The molecule has 0 bridgehead atoms. The van der Waals surface area contributed by atoms with E-state index in [0.717, 1.165) is 0 Å². The Hall–Kier alpha value is -2.15. The predicted molar refractivity (Wildman–Crippen MR) is 71.2 cm³/mol. The summed E-state index contributed by atoms with van der Waals surface area (Å²) in [6.45, 7) is 0. The summed E-state index contributed by atoms with van der Waals surface area (Å²) in [4.78, 5) is 20.5. The Morgan fingerprint density at radius 3 is 2.74 bits per heavy atom. The van der Waals surface area contributed by atoms with E-state index >= 15 is 0 Å². The maximum atomic E-state index is 12.9. The molecule has 0 saturated heterocycles. The highest BCUT2D eigenvalue weighted by atomic mass is 32.2. The molecule has 0 atom stereocenters. The van der Waals surface area contributed by atoms with Gasteiger partial charge in [-0.2, -0.15) is 0 Å². The fraction of sp³-hybridized carbons (Fsp3) is 0.0833. The summed E-state index contributed by atoms with van der Waals surface area (Å²) in [5.74, 6) is -0.350. The number of rotatable bonds is 2. The van der Waals surface area contributed by atoms with E-state index in [9.17, 15) is 9.18 Å². The highest BCUT2D eigenvalue weighted by Gasteiger charge is 2.10. The summed E-state index contributed by atoms with van der Waals surface area (Å²) in [5, 5.41) is 3.88. The van der Waals surface area contributed by atoms with E-state index in [1.54, 1.807) is 0 Å². The van der Waals surface area contributed by atoms with Gasteiger partial charge in [0.1, 0.15) is 11.2 Å². The quantitative estimate of drug-likeness (QED) is 0.574. The number of hydrogen-bond acceptors (Lipinski definition) is 4. The smallest absolute Gasteiger partial charge is 0.273 e. The molecule has 19 heavy (non-hydrogen) atoms. The Morgan fingerprint density at radius 1 is 1.32 bits per heavy atom. The van der Waals surface area contributed by atoms with Crippen molar-refractivity contribution in [2.24, 2.45) is 0 Å². The average molecular weight is 276 g/mol. The molecule has 0 amide bonds. The molecule has 1 N–H and O–H groups in total. The third-order valence-corrected chi connectivity index (χ3v) is 3.25. The van der Waals surface area contributed by atoms with Gasteiger partial charge in [0.05, 0.1) is 5.69 Å². The molecule has 3 rings (SSSR count). The van der Waals surface area contributed by atoms with Crippen LogP contribution in [0.3, 0.4) is 0 Å². The second-order valence-corrected chi connectivity index (χ2v) is 4.62. The minimum Gasteiger partial charge on any atom is -0.273 e. The molecule has 0 radical (unpaired) electrons. The van der Waals surface area contributed by atoms with Gasteiger partial charge in [0.2, 0.25) is 0 Å². The van der Waals surface area contributed by atoms with Crippen LogP contribution in [-0.2, 0) is 0 Å². The van der Waals surface area contributed by atoms with E-state index in [1.807, 2.05) is 6.26 Å². The Balaban J connectivity index is 2.22. The van der Waals surface area contributed by atoms with Crippen LogP contribution in [0.25, 0.3) is 16.7 Å². The van der Waals surface area contributed by atoms with Gasteiger partial charge in [-0.05, 0) is 30.5 Å². The molecule has 0 saturated carbocycles. The van der Waals surface area contributed by atoms with E-state index in [4.69, 9.17) is 0 Å². The number of nitrogens with zero attached hydrogens (tertiary/aromatic N) is 3. The van der Waals surface area contributed by atoms with Gasteiger partial charge in [-0.25, -0.2) is 19.0 Å². The van der Waals surface area contributed by atoms with Crippen LogP contribution < -0.4 is 5.56 Å². The topological polar surface area (TPSA) is 63.6 Å². The van der Waals surface area contributed by atoms with Crippen molar-refractivity contribution in [3.63, 3.8) is 0 Å². The third kappa shape index (κ3) is 2.01. The van der Waals surface area contributed by atoms with Crippen LogP contribution in [0.2, 0.25) is 0 Å². The maximum absolute atomic E-state index is 12.9. The molecule has 2 heterocycles. The van der Waals surface area contributed by atoms with Crippen LogP contribution in [0.5, 0.6) is 0 Å². The SMILES string of the molecule is CSc1ncc2c(=O)n(-c3ccc(F)cc3)[nH]c2n1. The first-order valence-corrected chi connectivity index (χ1v) is 6.69. The molecule has 0 aliphatic heterocycles. The van der Waals surface area contributed by atoms with Gasteiger partial charge in [0, 0.05) is 6.20 Å². The molecule has 0 fully saturated rings. The molecule has 3 aromatic rings. The minimum absolute atomic E-state index is 0.255. The van der Waals surface area contributed by atoms with Crippen molar-refractivity contribution < 1.29 is 4.39 Å². The van der Waals surface area contributed by atoms with Gasteiger partial charge < -0.3 is 0 Å². The highest BCUT2D eigenvalue weighted by molar-refractivity contribution is 7.98. The number of aromatic amines is 1. The van der Waals surface area contributed by atoms with Gasteiger partial charge in [-0.3, -0.25) is 9.89 Å². The van der Waals surface area contributed by atoms with Crippen molar-refractivity contribution in [2.45, 2.75) is 5.16 Å². The first kappa shape index (κ1) is 11.9. The van der Waals surface area contributed by atoms with Crippen LogP contribution in [0.1, 0.15) is 0 Å². The molecule has 7 heteroatoms.